The van der Waals surface area contributed by atoms with Gasteiger partial charge in [-0.2, -0.15) is 13.2 Å². The third-order valence-electron chi connectivity index (χ3n) is 4.71. The van der Waals surface area contributed by atoms with Crippen LogP contribution in [0.1, 0.15) is 12.0 Å². The van der Waals surface area contributed by atoms with Crippen molar-refractivity contribution in [2.75, 3.05) is 45.9 Å². The summed E-state index contributed by atoms with van der Waals surface area (Å²) >= 11 is 0. The lowest BCUT2D eigenvalue weighted by Crippen LogP contribution is -2.57. The van der Waals surface area contributed by atoms with Gasteiger partial charge < -0.3 is 20.1 Å². The van der Waals surface area contributed by atoms with Gasteiger partial charge in [-0.05, 0) is 24.1 Å². The highest BCUT2D eigenvalue weighted by molar-refractivity contribution is 5.85. The molecular weight excluding hydrogens is 399 g/mol. The van der Waals surface area contributed by atoms with Gasteiger partial charge in [0.25, 0.3) is 0 Å². The summed E-state index contributed by atoms with van der Waals surface area (Å²) in [6.45, 7) is 2.22. The molecule has 1 atom stereocenters. The number of alkyl halides is 3. The molecule has 2 aliphatic heterocycles. The van der Waals surface area contributed by atoms with Crippen LogP contribution in [0.5, 0.6) is 11.5 Å². The maximum absolute atomic E-state index is 13.3. The third kappa shape index (κ3) is 6.15. The summed E-state index contributed by atoms with van der Waals surface area (Å²) in [6, 6.07) is 3.77. The maximum Gasteiger partial charge on any atom is 0.405 e. The van der Waals surface area contributed by atoms with Crippen molar-refractivity contribution in [2.45, 2.75) is 25.1 Å². The SMILES string of the molecule is Cl.O=C(CCc1ccc2c(c1)OCCO2)NCC(N1CCNCC1)C(F)(F)F. The molecule has 0 saturated carbocycles. The van der Waals surface area contributed by atoms with E-state index in [0.717, 1.165) is 5.56 Å². The van der Waals surface area contributed by atoms with Gasteiger partial charge in [-0.15, -0.1) is 12.4 Å². The molecule has 1 aromatic rings. The van der Waals surface area contributed by atoms with Crippen molar-refractivity contribution in [1.29, 1.82) is 0 Å². The summed E-state index contributed by atoms with van der Waals surface area (Å²) in [5.41, 5.74) is 0.879. The van der Waals surface area contributed by atoms with Crippen LogP contribution >= 0.6 is 12.4 Å². The number of benzene rings is 1. The molecule has 0 spiro atoms. The van der Waals surface area contributed by atoms with E-state index in [0.29, 0.717) is 57.3 Å². The standard InChI is InChI=1S/C18H24F3N3O3.ClH/c19-18(20,21)16(24-7-5-22-6-8-24)12-23-17(25)4-2-13-1-3-14-15(11-13)27-10-9-26-14;/h1,3,11,16,22H,2,4-10,12H2,(H,23,25);1H. The van der Waals surface area contributed by atoms with Crippen LogP contribution in [0, 0.1) is 0 Å². The lowest BCUT2D eigenvalue weighted by Gasteiger charge is -2.35. The molecule has 6 nitrogen and oxygen atoms in total. The quantitative estimate of drug-likeness (QED) is 0.730. The number of piperazine rings is 1. The summed E-state index contributed by atoms with van der Waals surface area (Å²) in [7, 11) is 0. The minimum absolute atomic E-state index is 0. The van der Waals surface area contributed by atoms with E-state index in [4.69, 9.17) is 9.47 Å². The molecule has 1 fully saturated rings. The van der Waals surface area contributed by atoms with Gasteiger partial charge in [-0.25, -0.2) is 0 Å². The van der Waals surface area contributed by atoms with Crippen LogP contribution in [0.25, 0.3) is 0 Å². The zero-order chi connectivity index (χ0) is 19.3. The van der Waals surface area contributed by atoms with Crippen molar-refractivity contribution < 1.29 is 27.4 Å². The molecule has 0 aromatic heterocycles. The molecule has 3 rings (SSSR count). The first-order valence-corrected chi connectivity index (χ1v) is 9.10. The van der Waals surface area contributed by atoms with Crippen molar-refractivity contribution in [3.05, 3.63) is 23.8 Å². The molecule has 0 radical (unpaired) electrons. The van der Waals surface area contributed by atoms with Crippen molar-refractivity contribution in [2.24, 2.45) is 0 Å². The Labute approximate surface area is 168 Å². The number of carbonyl (C=O) groups is 1. The predicted octanol–water partition coefficient (Wildman–Crippen LogP) is 1.76. The minimum Gasteiger partial charge on any atom is -0.486 e. The molecule has 0 bridgehead atoms. The molecule has 158 valence electrons. The number of halogens is 4. The largest absolute Gasteiger partial charge is 0.486 e. The van der Waals surface area contributed by atoms with Crippen LogP contribution in [-0.2, 0) is 11.2 Å². The van der Waals surface area contributed by atoms with Crippen molar-refractivity contribution >= 4 is 18.3 Å². The Hall–Kier alpha value is -1.71. The molecule has 28 heavy (non-hydrogen) atoms. The van der Waals surface area contributed by atoms with Crippen LogP contribution in [0.2, 0.25) is 0 Å². The average molecular weight is 424 g/mol. The number of nitrogens with zero attached hydrogens (tertiary/aromatic N) is 1. The number of ether oxygens (including phenoxy) is 2. The van der Waals surface area contributed by atoms with E-state index in [-0.39, 0.29) is 18.8 Å². The average Bonchev–Trinajstić information content (AvgIpc) is 2.66. The number of carbonyl (C=O) groups excluding carboxylic acids is 1. The van der Waals surface area contributed by atoms with Crippen LogP contribution in [-0.4, -0.2) is 69.0 Å². The number of aryl methyl sites for hydroxylation is 1. The van der Waals surface area contributed by atoms with Crippen molar-refractivity contribution in [1.82, 2.24) is 15.5 Å². The fourth-order valence-corrected chi connectivity index (χ4v) is 3.25. The second-order valence-electron chi connectivity index (χ2n) is 6.63. The summed E-state index contributed by atoms with van der Waals surface area (Å²) in [5.74, 6) is 0.905. The number of rotatable bonds is 6. The van der Waals surface area contributed by atoms with Gasteiger partial charge >= 0.3 is 6.18 Å². The van der Waals surface area contributed by atoms with E-state index in [1.165, 1.54) is 4.90 Å². The smallest absolute Gasteiger partial charge is 0.405 e. The maximum atomic E-state index is 13.3. The van der Waals surface area contributed by atoms with Gasteiger partial charge in [0.1, 0.15) is 19.3 Å². The molecule has 2 aliphatic rings. The van der Waals surface area contributed by atoms with E-state index in [9.17, 15) is 18.0 Å². The zero-order valence-corrected chi connectivity index (χ0v) is 16.2. The van der Waals surface area contributed by atoms with Gasteiger partial charge in [-0.3, -0.25) is 9.69 Å². The highest BCUT2D eigenvalue weighted by Gasteiger charge is 2.43. The van der Waals surface area contributed by atoms with Crippen molar-refractivity contribution in [3.63, 3.8) is 0 Å². The lowest BCUT2D eigenvalue weighted by molar-refractivity contribution is -0.184. The molecule has 1 amide bonds. The fraction of sp³-hybridized carbons (Fsp3) is 0.611. The van der Waals surface area contributed by atoms with Crippen LogP contribution in [0.15, 0.2) is 18.2 Å². The van der Waals surface area contributed by atoms with Gasteiger partial charge in [0.15, 0.2) is 11.5 Å². The minimum atomic E-state index is -4.37. The Balaban J connectivity index is 0.00000280. The first kappa shape index (κ1) is 22.6. The van der Waals surface area contributed by atoms with E-state index < -0.39 is 24.7 Å². The second kappa shape index (κ2) is 10.2. The third-order valence-corrected chi connectivity index (χ3v) is 4.71. The first-order valence-electron chi connectivity index (χ1n) is 9.10. The molecule has 2 N–H and O–H groups in total. The number of fused-ring (bicyclic) bond motifs is 1. The van der Waals surface area contributed by atoms with Crippen LogP contribution in [0.3, 0.4) is 0 Å². The van der Waals surface area contributed by atoms with Crippen molar-refractivity contribution in [3.8, 4) is 11.5 Å². The number of nitrogens with one attached hydrogen (secondary N) is 2. The Kier molecular flexibility index (Phi) is 8.21. The Morgan fingerprint density at radius 1 is 1.18 bits per heavy atom. The summed E-state index contributed by atoms with van der Waals surface area (Å²) in [6.07, 6.45) is -3.83. The highest BCUT2D eigenvalue weighted by Crippen LogP contribution is 2.31. The monoisotopic (exact) mass is 423 g/mol. The summed E-state index contributed by atoms with van der Waals surface area (Å²) in [4.78, 5) is 13.4. The lowest BCUT2D eigenvalue weighted by atomic mass is 10.1. The topological polar surface area (TPSA) is 62.8 Å². The molecule has 0 aliphatic carbocycles. The predicted molar refractivity (Wildman–Crippen MR) is 100 cm³/mol. The van der Waals surface area contributed by atoms with Crippen LogP contribution < -0.4 is 20.1 Å². The molecule has 1 unspecified atom stereocenters. The molecule has 2 heterocycles. The summed E-state index contributed by atoms with van der Waals surface area (Å²) < 4.78 is 50.9. The fourth-order valence-electron chi connectivity index (χ4n) is 3.25. The first-order chi connectivity index (χ1) is 12.9. The molecule has 1 aromatic carbocycles. The van der Waals surface area contributed by atoms with E-state index in [2.05, 4.69) is 10.6 Å². The Morgan fingerprint density at radius 2 is 1.86 bits per heavy atom. The van der Waals surface area contributed by atoms with Gasteiger partial charge in [0.05, 0.1) is 0 Å². The second-order valence-corrected chi connectivity index (χ2v) is 6.63. The van der Waals surface area contributed by atoms with Crippen LogP contribution in [0.4, 0.5) is 13.2 Å². The number of amides is 1. The molecular formula is C18H25ClF3N3O3. The Morgan fingerprint density at radius 3 is 2.54 bits per heavy atom. The zero-order valence-electron chi connectivity index (χ0n) is 15.4. The highest BCUT2D eigenvalue weighted by atomic mass is 35.5. The normalized spacial score (nSPS) is 18.1. The van der Waals surface area contributed by atoms with E-state index >= 15 is 0 Å². The van der Waals surface area contributed by atoms with E-state index in [1.54, 1.807) is 12.1 Å². The van der Waals surface area contributed by atoms with E-state index in [1.807, 2.05) is 6.07 Å². The summed E-state index contributed by atoms with van der Waals surface area (Å²) in [5, 5.41) is 5.47. The number of hydrogen-bond donors (Lipinski definition) is 2. The Bertz CT molecular complexity index is 655. The molecule has 10 heteroatoms. The van der Waals surface area contributed by atoms with Gasteiger partial charge in [-0.1, -0.05) is 6.07 Å². The molecule has 1 saturated heterocycles. The number of hydrogen-bond acceptors (Lipinski definition) is 5. The van der Waals surface area contributed by atoms with Gasteiger partial charge in [0, 0.05) is 39.1 Å². The van der Waals surface area contributed by atoms with Gasteiger partial charge in [0.2, 0.25) is 5.91 Å².